The molecule has 2 heterocycles. The number of rotatable bonds is 2. The van der Waals surface area contributed by atoms with Crippen LogP contribution in [0.15, 0.2) is 52.1 Å². The third kappa shape index (κ3) is 3.23. The third-order valence-corrected chi connectivity index (χ3v) is 4.73. The molecular formula is C19H11ClF3N3O3. The van der Waals surface area contributed by atoms with Crippen LogP contribution in [0, 0.1) is 0 Å². The number of hydrogen-bond donors (Lipinski definition) is 2. The normalized spacial score (nSPS) is 12.0. The highest BCUT2D eigenvalue weighted by atomic mass is 35.5. The van der Waals surface area contributed by atoms with E-state index in [1.807, 2.05) is 0 Å². The third-order valence-electron chi connectivity index (χ3n) is 4.49. The van der Waals surface area contributed by atoms with E-state index in [0.717, 1.165) is 6.07 Å². The van der Waals surface area contributed by atoms with Gasteiger partial charge in [-0.15, -0.1) is 5.10 Å². The Morgan fingerprint density at radius 1 is 1.14 bits per heavy atom. The van der Waals surface area contributed by atoms with Crippen LogP contribution in [-0.2, 0) is 12.7 Å². The minimum absolute atomic E-state index is 0.145. The van der Waals surface area contributed by atoms with E-state index < -0.39 is 40.5 Å². The molecule has 0 fully saturated rings. The number of H-pyrrole nitrogens is 1. The summed E-state index contributed by atoms with van der Waals surface area (Å²) in [6.07, 6.45) is -4.63. The molecule has 4 aromatic rings. The summed E-state index contributed by atoms with van der Waals surface area (Å²) in [4.78, 5) is 28.4. The molecule has 0 spiro atoms. The van der Waals surface area contributed by atoms with Crippen LogP contribution in [0.5, 0.6) is 5.88 Å². The van der Waals surface area contributed by atoms with Crippen LogP contribution in [0.2, 0.25) is 5.02 Å². The van der Waals surface area contributed by atoms with Crippen molar-refractivity contribution in [1.29, 1.82) is 0 Å². The predicted octanol–water partition coefficient (Wildman–Crippen LogP) is 3.66. The van der Waals surface area contributed by atoms with Gasteiger partial charge in [0, 0.05) is 10.4 Å². The average Bonchev–Trinajstić information content (AvgIpc) is 2.65. The minimum atomic E-state index is -4.63. The van der Waals surface area contributed by atoms with Crippen molar-refractivity contribution in [2.75, 3.05) is 0 Å². The molecule has 10 heteroatoms. The van der Waals surface area contributed by atoms with Crippen molar-refractivity contribution in [1.82, 2.24) is 14.8 Å². The van der Waals surface area contributed by atoms with Crippen molar-refractivity contribution < 1.29 is 18.3 Å². The summed E-state index contributed by atoms with van der Waals surface area (Å²) in [6.45, 7) is -0.573. The summed E-state index contributed by atoms with van der Waals surface area (Å²) in [7, 11) is 0. The number of nitrogens with zero attached hydrogens (tertiary/aromatic N) is 2. The molecule has 29 heavy (non-hydrogen) atoms. The topological polar surface area (TPSA) is 88.0 Å². The van der Waals surface area contributed by atoms with Crippen molar-refractivity contribution >= 4 is 33.4 Å². The van der Waals surface area contributed by atoms with Crippen LogP contribution in [0.4, 0.5) is 13.2 Å². The summed E-state index contributed by atoms with van der Waals surface area (Å²) in [6, 6.07) is 9.02. The van der Waals surface area contributed by atoms with E-state index in [-0.39, 0.29) is 22.0 Å². The molecule has 148 valence electrons. The Labute approximate surface area is 164 Å². The molecule has 0 unspecified atom stereocenters. The molecule has 0 saturated heterocycles. The standard InChI is InChI=1S/C19H11ClF3N3O3/c20-10-5-6-11-13(7-10)24-15-14(16(11)27)18(29)26(25-17(15)28)8-9-3-1-2-4-12(9)19(21,22)23/h1-7H,8H2,(H,24,27)(H,25,28). The van der Waals surface area contributed by atoms with Crippen molar-refractivity contribution in [3.05, 3.63) is 79.2 Å². The van der Waals surface area contributed by atoms with Crippen molar-refractivity contribution in [2.24, 2.45) is 0 Å². The summed E-state index contributed by atoms with van der Waals surface area (Å²) in [5, 5.41) is 14.0. The van der Waals surface area contributed by atoms with Gasteiger partial charge in [0.25, 0.3) is 11.4 Å². The molecule has 0 aliphatic heterocycles. The second-order valence-electron chi connectivity index (χ2n) is 6.34. The number of fused-ring (bicyclic) bond motifs is 2. The first-order valence-corrected chi connectivity index (χ1v) is 8.65. The fraction of sp³-hybridized carbons (Fsp3) is 0.105. The first kappa shape index (κ1) is 19.0. The Morgan fingerprint density at radius 2 is 1.86 bits per heavy atom. The molecule has 0 amide bonds. The van der Waals surface area contributed by atoms with E-state index in [2.05, 4.69) is 10.1 Å². The largest absolute Gasteiger partial charge is 0.491 e. The molecule has 0 radical (unpaired) electrons. The molecule has 0 bridgehead atoms. The van der Waals surface area contributed by atoms with Crippen molar-refractivity contribution in [3.63, 3.8) is 0 Å². The van der Waals surface area contributed by atoms with Gasteiger partial charge < -0.3 is 10.1 Å². The number of aromatic amines is 1. The highest BCUT2D eigenvalue weighted by Gasteiger charge is 2.33. The number of pyridine rings is 1. The molecule has 0 aliphatic carbocycles. The fourth-order valence-electron chi connectivity index (χ4n) is 3.18. The second-order valence-corrected chi connectivity index (χ2v) is 6.77. The van der Waals surface area contributed by atoms with Gasteiger partial charge in [-0.25, -0.2) is 4.68 Å². The van der Waals surface area contributed by atoms with Gasteiger partial charge in [-0.05, 0) is 29.8 Å². The number of hydrogen-bond acceptors (Lipinski definition) is 4. The smallest absolute Gasteiger partial charge is 0.416 e. The SMILES string of the molecule is O=c1c2ccc(Cl)cc2[nH]c2c(O)nn(Cc3ccccc3C(F)(F)F)c(=O)c12. The molecule has 2 aromatic heterocycles. The number of aromatic hydroxyl groups is 1. The lowest BCUT2D eigenvalue weighted by molar-refractivity contribution is -0.138. The van der Waals surface area contributed by atoms with Gasteiger partial charge in [0.05, 0.1) is 17.6 Å². The number of benzene rings is 2. The van der Waals surface area contributed by atoms with Gasteiger partial charge >= 0.3 is 6.18 Å². The highest BCUT2D eigenvalue weighted by molar-refractivity contribution is 6.31. The number of aromatic nitrogens is 3. The lowest BCUT2D eigenvalue weighted by atomic mass is 10.1. The molecule has 2 aromatic carbocycles. The van der Waals surface area contributed by atoms with Gasteiger partial charge in [-0.2, -0.15) is 13.2 Å². The van der Waals surface area contributed by atoms with Gasteiger partial charge in [0.1, 0.15) is 10.9 Å². The highest BCUT2D eigenvalue weighted by Crippen LogP contribution is 2.32. The Morgan fingerprint density at radius 3 is 2.59 bits per heavy atom. The molecule has 6 nitrogen and oxygen atoms in total. The van der Waals surface area contributed by atoms with Gasteiger partial charge in [0.2, 0.25) is 5.43 Å². The monoisotopic (exact) mass is 421 g/mol. The molecule has 2 N–H and O–H groups in total. The van der Waals surface area contributed by atoms with E-state index in [4.69, 9.17) is 11.6 Å². The van der Waals surface area contributed by atoms with Crippen LogP contribution in [0.3, 0.4) is 0 Å². The zero-order chi connectivity index (χ0) is 20.9. The van der Waals surface area contributed by atoms with Gasteiger partial charge in [-0.1, -0.05) is 29.8 Å². The van der Waals surface area contributed by atoms with Crippen LogP contribution in [0.1, 0.15) is 11.1 Å². The lowest BCUT2D eigenvalue weighted by Gasteiger charge is -2.14. The number of alkyl halides is 3. The van der Waals surface area contributed by atoms with Crippen molar-refractivity contribution in [2.45, 2.75) is 12.7 Å². The molecule has 0 aliphatic rings. The first-order valence-electron chi connectivity index (χ1n) is 8.27. The lowest BCUT2D eigenvalue weighted by Crippen LogP contribution is -2.28. The summed E-state index contributed by atoms with van der Waals surface area (Å²) in [5.74, 6) is -0.692. The van der Waals surface area contributed by atoms with Crippen molar-refractivity contribution in [3.8, 4) is 5.88 Å². The molecule has 0 atom stereocenters. The van der Waals surface area contributed by atoms with E-state index in [1.54, 1.807) is 0 Å². The van der Waals surface area contributed by atoms with Crippen LogP contribution >= 0.6 is 11.6 Å². The van der Waals surface area contributed by atoms with Crippen LogP contribution in [0.25, 0.3) is 21.8 Å². The number of halogens is 4. The van der Waals surface area contributed by atoms with E-state index in [0.29, 0.717) is 9.70 Å². The van der Waals surface area contributed by atoms with Gasteiger partial charge in [-0.3, -0.25) is 9.59 Å². The summed E-state index contributed by atoms with van der Waals surface area (Å²) >= 11 is 5.90. The van der Waals surface area contributed by atoms with Crippen LogP contribution < -0.4 is 11.0 Å². The van der Waals surface area contributed by atoms with E-state index in [9.17, 15) is 27.9 Å². The maximum atomic E-state index is 13.2. The Bertz CT molecular complexity index is 1390. The maximum absolute atomic E-state index is 13.2. The quantitative estimate of drug-likeness (QED) is 0.483. The Hall–Kier alpha value is -3.33. The molecule has 0 saturated carbocycles. The second kappa shape index (κ2) is 6.63. The number of nitrogens with one attached hydrogen (secondary N) is 1. The Kier molecular flexibility index (Phi) is 4.34. The van der Waals surface area contributed by atoms with E-state index in [1.165, 1.54) is 36.4 Å². The molecular weight excluding hydrogens is 411 g/mol. The fourth-order valence-corrected chi connectivity index (χ4v) is 3.35. The zero-order valence-electron chi connectivity index (χ0n) is 14.4. The summed E-state index contributed by atoms with van der Waals surface area (Å²) < 4.78 is 40.3. The zero-order valence-corrected chi connectivity index (χ0v) is 15.2. The predicted molar refractivity (Wildman–Crippen MR) is 101 cm³/mol. The van der Waals surface area contributed by atoms with E-state index >= 15 is 0 Å². The molecule has 4 rings (SSSR count). The Balaban J connectivity index is 1.97. The first-order chi connectivity index (χ1) is 13.7. The van der Waals surface area contributed by atoms with Gasteiger partial charge in [0.15, 0.2) is 0 Å². The minimum Gasteiger partial charge on any atom is -0.491 e. The van der Waals surface area contributed by atoms with Crippen LogP contribution in [-0.4, -0.2) is 19.9 Å². The average molecular weight is 422 g/mol. The summed E-state index contributed by atoms with van der Waals surface area (Å²) in [5.41, 5.74) is -2.70. The maximum Gasteiger partial charge on any atom is 0.416 e.